The van der Waals surface area contributed by atoms with Crippen LogP contribution in [0.2, 0.25) is 0 Å². The number of hydrogen-bond acceptors (Lipinski definition) is 6. The Kier molecular flexibility index (Phi) is 4.51. The summed E-state index contributed by atoms with van der Waals surface area (Å²) in [5.41, 5.74) is -3.69. The molecule has 0 spiro atoms. The number of aliphatic carboxylic acids is 1. The van der Waals surface area contributed by atoms with Crippen LogP contribution in [0.1, 0.15) is 5.69 Å². The molecule has 0 fully saturated rings. The van der Waals surface area contributed by atoms with Crippen molar-refractivity contribution in [1.82, 2.24) is 13.5 Å². The quantitative estimate of drug-likeness (QED) is 0.713. The van der Waals surface area contributed by atoms with Crippen LogP contribution in [0.4, 0.5) is 13.2 Å². The first-order valence-corrected chi connectivity index (χ1v) is 8.01. The predicted molar refractivity (Wildman–Crippen MR) is 88.6 cm³/mol. The lowest BCUT2D eigenvalue weighted by Crippen LogP contribution is -2.40. The van der Waals surface area contributed by atoms with Crippen molar-refractivity contribution < 1.29 is 27.8 Å². The van der Waals surface area contributed by atoms with Gasteiger partial charge in [0.25, 0.3) is 5.56 Å². The van der Waals surface area contributed by atoms with Gasteiger partial charge in [-0.05, 0) is 29.7 Å². The summed E-state index contributed by atoms with van der Waals surface area (Å²) in [5.74, 6) is -1.24. The average Bonchev–Trinajstić information content (AvgIpc) is 2.98. The van der Waals surface area contributed by atoms with Crippen LogP contribution in [0, 0.1) is 0 Å². The third-order valence-electron chi connectivity index (χ3n) is 3.62. The lowest BCUT2D eigenvalue weighted by molar-refractivity contribution is -0.144. The second kappa shape index (κ2) is 6.54. The smallest absolute Gasteiger partial charge is 0.431 e. The number of nitrogens with zero attached hydrogens (tertiary/aromatic N) is 3. The summed E-state index contributed by atoms with van der Waals surface area (Å²) < 4.78 is 49.3. The van der Waals surface area contributed by atoms with Gasteiger partial charge in [0.1, 0.15) is 5.69 Å². The largest absolute Gasteiger partial charge is 0.479 e. The summed E-state index contributed by atoms with van der Waals surface area (Å²) in [5, 5.41) is 9.01. The number of halogens is 3. The van der Waals surface area contributed by atoms with Crippen LogP contribution in [0.15, 0.2) is 33.9 Å². The number of rotatable bonds is 4. The van der Waals surface area contributed by atoms with Gasteiger partial charge >= 0.3 is 17.8 Å². The molecular formula is C15H10F3N3O5S. The van der Waals surface area contributed by atoms with Crippen LogP contribution in [0.3, 0.4) is 0 Å². The molecule has 0 radical (unpaired) electrons. The fraction of sp³-hybridized carbons (Fsp3) is 0.200. The number of ether oxygens (including phenoxy) is 1. The number of benzene rings is 1. The molecule has 2 aromatic heterocycles. The highest BCUT2D eigenvalue weighted by molar-refractivity contribution is 7.13. The molecule has 2 heterocycles. The molecule has 0 saturated heterocycles. The van der Waals surface area contributed by atoms with Crippen molar-refractivity contribution >= 4 is 27.6 Å². The van der Waals surface area contributed by atoms with E-state index in [-0.39, 0.29) is 11.6 Å². The summed E-state index contributed by atoms with van der Waals surface area (Å²) in [6.07, 6.45) is -4.86. The lowest BCUT2D eigenvalue weighted by atomic mass is 10.2. The zero-order chi connectivity index (χ0) is 19.9. The Balaban J connectivity index is 2.17. The zero-order valence-corrected chi connectivity index (χ0v) is 14.3. The summed E-state index contributed by atoms with van der Waals surface area (Å²) in [4.78, 5) is 35.1. The molecule has 0 unspecified atom stereocenters. The van der Waals surface area contributed by atoms with Crippen molar-refractivity contribution in [3.05, 3.63) is 50.8 Å². The van der Waals surface area contributed by atoms with Crippen molar-refractivity contribution in [3.8, 4) is 11.6 Å². The van der Waals surface area contributed by atoms with Gasteiger partial charge in [0.2, 0.25) is 5.88 Å². The highest BCUT2D eigenvalue weighted by atomic mass is 32.1. The molecule has 12 heteroatoms. The highest BCUT2D eigenvalue weighted by Crippen LogP contribution is 2.30. The van der Waals surface area contributed by atoms with Gasteiger partial charge in [-0.3, -0.25) is 9.36 Å². The molecule has 0 aliphatic carbocycles. The van der Waals surface area contributed by atoms with Crippen LogP contribution in [-0.2, 0) is 18.0 Å². The van der Waals surface area contributed by atoms with E-state index in [4.69, 9.17) is 9.84 Å². The monoisotopic (exact) mass is 401 g/mol. The topological polar surface area (TPSA) is 103 Å². The molecule has 0 aliphatic rings. The van der Waals surface area contributed by atoms with Gasteiger partial charge in [0, 0.05) is 13.1 Å². The van der Waals surface area contributed by atoms with Crippen molar-refractivity contribution in [3.63, 3.8) is 0 Å². The maximum absolute atomic E-state index is 12.9. The molecule has 0 amide bonds. The van der Waals surface area contributed by atoms with E-state index in [0.717, 1.165) is 18.6 Å². The van der Waals surface area contributed by atoms with E-state index in [2.05, 4.69) is 4.37 Å². The second-order valence-electron chi connectivity index (χ2n) is 5.39. The Hall–Kier alpha value is -3.15. The van der Waals surface area contributed by atoms with Gasteiger partial charge in [-0.15, -0.1) is 0 Å². The van der Waals surface area contributed by atoms with Gasteiger partial charge in [0.05, 0.1) is 15.8 Å². The molecule has 142 valence electrons. The summed E-state index contributed by atoms with van der Waals surface area (Å²) in [7, 11) is 0.910. The fourth-order valence-corrected chi connectivity index (χ4v) is 3.12. The number of carbonyl (C=O) groups is 1. The summed E-state index contributed by atoms with van der Waals surface area (Å²) in [6, 6.07) is 4.53. The van der Waals surface area contributed by atoms with Crippen LogP contribution >= 0.6 is 11.5 Å². The van der Waals surface area contributed by atoms with Crippen molar-refractivity contribution in [2.75, 3.05) is 6.61 Å². The molecule has 0 atom stereocenters. The first kappa shape index (κ1) is 18.6. The minimum atomic E-state index is -4.86. The predicted octanol–water partition coefficient (Wildman–Crippen LogP) is 1.63. The molecule has 27 heavy (non-hydrogen) atoms. The van der Waals surface area contributed by atoms with Crippen LogP contribution < -0.4 is 16.0 Å². The van der Waals surface area contributed by atoms with Crippen molar-refractivity contribution in [2.45, 2.75) is 6.18 Å². The van der Waals surface area contributed by atoms with E-state index in [1.165, 1.54) is 18.2 Å². The number of carboxylic acids is 1. The Labute approximate surface area is 151 Å². The maximum atomic E-state index is 12.9. The summed E-state index contributed by atoms with van der Waals surface area (Å²) in [6.45, 7) is -0.648. The maximum Gasteiger partial charge on any atom is 0.431 e. The van der Waals surface area contributed by atoms with E-state index < -0.39 is 35.7 Å². The normalized spacial score (nSPS) is 11.7. The fourth-order valence-electron chi connectivity index (χ4n) is 2.41. The first-order valence-electron chi connectivity index (χ1n) is 7.24. The molecular weight excluding hydrogens is 391 g/mol. The number of alkyl halides is 3. The molecule has 1 N–H and O–H groups in total. The third kappa shape index (κ3) is 3.43. The van der Waals surface area contributed by atoms with E-state index in [9.17, 15) is 27.6 Å². The van der Waals surface area contributed by atoms with Gasteiger partial charge in [-0.1, -0.05) is 0 Å². The first-order chi connectivity index (χ1) is 12.6. The molecule has 0 aliphatic heterocycles. The molecule has 1 aromatic carbocycles. The Morgan fingerprint density at radius 3 is 2.63 bits per heavy atom. The Morgan fingerprint density at radius 2 is 2.00 bits per heavy atom. The molecule has 3 aromatic rings. The van der Waals surface area contributed by atoms with Gasteiger partial charge in [0.15, 0.2) is 6.61 Å². The van der Waals surface area contributed by atoms with E-state index in [1.807, 2.05) is 0 Å². The highest BCUT2D eigenvalue weighted by Gasteiger charge is 2.35. The van der Waals surface area contributed by atoms with Gasteiger partial charge in [-0.25, -0.2) is 14.2 Å². The van der Waals surface area contributed by atoms with Crippen molar-refractivity contribution in [1.29, 1.82) is 0 Å². The van der Waals surface area contributed by atoms with E-state index >= 15 is 0 Å². The lowest BCUT2D eigenvalue weighted by Gasteiger charge is -2.14. The second-order valence-corrected chi connectivity index (χ2v) is 6.20. The number of aromatic nitrogens is 3. The molecule has 0 bridgehead atoms. The third-order valence-corrected chi connectivity index (χ3v) is 4.43. The number of carboxylic acid groups (broad SMARTS) is 1. The van der Waals surface area contributed by atoms with Crippen LogP contribution in [-0.4, -0.2) is 31.2 Å². The Morgan fingerprint density at radius 1 is 1.30 bits per heavy atom. The number of hydrogen-bond donors (Lipinski definition) is 1. The molecule has 0 saturated carbocycles. The minimum Gasteiger partial charge on any atom is -0.479 e. The summed E-state index contributed by atoms with van der Waals surface area (Å²) >= 11 is 0.999. The SMILES string of the molecule is Cn1c(C(F)(F)F)cc(=O)n(-c2ccc3snc(OCC(=O)O)c3c2)c1=O. The molecule has 8 nitrogen and oxygen atoms in total. The van der Waals surface area contributed by atoms with Gasteiger partial charge in [-0.2, -0.15) is 17.5 Å². The van der Waals surface area contributed by atoms with E-state index in [1.54, 1.807) is 0 Å². The van der Waals surface area contributed by atoms with Crippen LogP contribution in [0.5, 0.6) is 5.88 Å². The Bertz CT molecular complexity index is 1160. The van der Waals surface area contributed by atoms with Crippen LogP contribution in [0.25, 0.3) is 15.8 Å². The number of fused-ring (bicyclic) bond motifs is 1. The van der Waals surface area contributed by atoms with E-state index in [0.29, 0.717) is 25.3 Å². The average molecular weight is 401 g/mol. The van der Waals surface area contributed by atoms with Gasteiger partial charge < -0.3 is 9.84 Å². The standard InChI is InChI=1S/C15H10F3N3O5S/c1-20-10(15(16,17)18)5-11(22)21(14(20)25)7-2-3-9-8(4-7)13(19-27-9)26-6-12(23)24/h2-5H,6H2,1H3,(H,23,24). The minimum absolute atomic E-state index is 0.00204. The zero-order valence-electron chi connectivity index (χ0n) is 13.5. The molecule has 3 rings (SSSR count). The van der Waals surface area contributed by atoms with Crippen molar-refractivity contribution in [2.24, 2.45) is 7.05 Å².